The lowest BCUT2D eigenvalue weighted by Crippen LogP contribution is -2.42. The standard InChI is InChI=1S/C16H24N2O2/c1-4-20-15-6-5-13(8-14(15)17)16(19)18-9-11(2)7-12(3)10-18/h5-6,8,11-12H,4,7,9-10,17H2,1-3H3. The number of ether oxygens (including phenoxy) is 1. The van der Waals surface area contributed by atoms with E-state index in [0.717, 1.165) is 13.1 Å². The number of amides is 1. The summed E-state index contributed by atoms with van der Waals surface area (Å²) >= 11 is 0. The van der Waals surface area contributed by atoms with Gasteiger partial charge in [-0.15, -0.1) is 0 Å². The van der Waals surface area contributed by atoms with E-state index in [2.05, 4.69) is 13.8 Å². The number of benzene rings is 1. The van der Waals surface area contributed by atoms with Crippen molar-refractivity contribution < 1.29 is 9.53 Å². The molecule has 1 heterocycles. The Morgan fingerprint density at radius 3 is 2.55 bits per heavy atom. The van der Waals surface area contributed by atoms with Crippen molar-refractivity contribution in [3.05, 3.63) is 23.8 Å². The lowest BCUT2D eigenvalue weighted by molar-refractivity contribution is 0.0623. The van der Waals surface area contributed by atoms with Gasteiger partial charge in [0.2, 0.25) is 0 Å². The molecule has 0 radical (unpaired) electrons. The molecule has 0 aromatic heterocycles. The van der Waals surface area contributed by atoms with E-state index in [-0.39, 0.29) is 5.91 Å². The molecule has 0 aliphatic carbocycles. The minimum absolute atomic E-state index is 0.0677. The van der Waals surface area contributed by atoms with E-state index in [4.69, 9.17) is 10.5 Å². The predicted octanol–water partition coefficient (Wildman–Crippen LogP) is 2.79. The van der Waals surface area contributed by atoms with Gasteiger partial charge in [0.05, 0.1) is 12.3 Å². The molecule has 0 saturated carbocycles. The van der Waals surface area contributed by atoms with Crippen molar-refractivity contribution in [3.63, 3.8) is 0 Å². The van der Waals surface area contributed by atoms with E-state index < -0.39 is 0 Å². The highest BCUT2D eigenvalue weighted by atomic mass is 16.5. The molecule has 2 rings (SSSR count). The Hall–Kier alpha value is -1.71. The number of nitrogens with zero attached hydrogens (tertiary/aromatic N) is 1. The first kappa shape index (κ1) is 14.7. The molecule has 1 aliphatic rings. The smallest absolute Gasteiger partial charge is 0.253 e. The number of anilines is 1. The largest absolute Gasteiger partial charge is 0.492 e. The third kappa shape index (κ3) is 3.24. The van der Waals surface area contributed by atoms with Crippen molar-refractivity contribution in [3.8, 4) is 5.75 Å². The number of hydrogen-bond donors (Lipinski definition) is 1. The third-order valence-electron chi connectivity index (χ3n) is 3.71. The van der Waals surface area contributed by atoms with Crippen LogP contribution in [0.25, 0.3) is 0 Å². The van der Waals surface area contributed by atoms with Crippen LogP contribution in [0.3, 0.4) is 0 Å². The Morgan fingerprint density at radius 2 is 2.00 bits per heavy atom. The topological polar surface area (TPSA) is 55.6 Å². The van der Waals surface area contributed by atoms with E-state index in [1.165, 1.54) is 6.42 Å². The molecular weight excluding hydrogens is 252 g/mol. The number of nitrogen functional groups attached to an aromatic ring is 1. The van der Waals surface area contributed by atoms with Gasteiger partial charge in [-0.2, -0.15) is 0 Å². The number of likely N-dealkylation sites (tertiary alicyclic amines) is 1. The Balaban J connectivity index is 2.14. The molecule has 1 fully saturated rings. The van der Waals surface area contributed by atoms with E-state index in [1.807, 2.05) is 11.8 Å². The average molecular weight is 276 g/mol. The van der Waals surface area contributed by atoms with Crippen molar-refractivity contribution in [2.45, 2.75) is 27.2 Å². The van der Waals surface area contributed by atoms with Crippen LogP contribution in [0.15, 0.2) is 18.2 Å². The van der Waals surface area contributed by atoms with Crippen molar-refractivity contribution in [1.82, 2.24) is 4.90 Å². The zero-order chi connectivity index (χ0) is 14.7. The number of carbonyl (C=O) groups excluding carboxylic acids is 1. The highest BCUT2D eigenvalue weighted by molar-refractivity contribution is 5.95. The molecule has 0 spiro atoms. The molecule has 2 atom stereocenters. The first-order valence-electron chi connectivity index (χ1n) is 7.32. The number of carbonyl (C=O) groups is 1. The number of nitrogens with two attached hydrogens (primary N) is 1. The van der Waals surface area contributed by atoms with Crippen LogP contribution in [0.2, 0.25) is 0 Å². The monoisotopic (exact) mass is 276 g/mol. The fourth-order valence-electron chi connectivity index (χ4n) is 2.98. The Morgan fingerprint density at radius 1 is 1.35 bits per heavy atom. The van der Waals surface area contributed by atoms with Crippen LogP contribution in [-0.2, 0) is 0 Å². The number of rotatable bonds is 3. The molecular formula is C16H24N2O2. The van der Waals surface area contributed by atoms with Crippen LogP contribution in [0.1, 0.15) is 37.6 Å². The molecule has 0 bridgehead atoms. The van der Waals surface area contributed by atoms with Crippen molar-refractivity contribution in [2.24, 2.45) is 11.8 Å². The third-order valence-corrected chi connectivity index (χ3v) is 3.71. The maximum absolute atomic E-state index is 12.5. The number of hydrogen-bond acceptors (Lipinski definition) is 3. The average Bonchev–Trinajstić information content (AvgIpc) is 2.39. The van der Waals surface area contributed by atoms with E-state index in [1.54, 1.807) is 18.2 Å². The first-order valence-corrected chi connectivity index (χ1v) is 7.32. The van der Waals surface area contributed by atoms with Crippen LogP contribution in [0.5, 0.6) is 5.75 Å². The van der Waals surface area contributed by atoms with Crippen molar-refractivity contribution >= 4 is 11.6 Å². The van der Waals surface area contributed by atoms with Crippen LogP contribution in [0.4, 0.5) is 5.69 Å². The highest BCUT2D eigenvalue weighted by Crippen LogP contribution is 2.26. The molecule has 2 unspecified atom stereocenters. The van der Waals surface area contributed by atoms with Gasteiger partial charge in [-0.1, -0.05) is 13.8 Å². The summed E-state index contributed by atoms with van der Waals surface area (Å²) in [4.78, 5) is 14.5. The molecule has 1 saturated heterocycles. The maximum Gasteiger partial charge on any atom is 0.253 e. The molecule has 1 aliphatic heterocycles. The minimum Gasteiger partial charge on any atom is -0.492 e. The van der Waals surface area contributed by atoms with Crippen LogP contribution < -0.4 is 10.5 Å². The summed E-state index contributed by atoms with van der Waals surface area (Å²) in [5.74, 6) is 1.83. The molecule has 110 valence electrons. The second-order valence-corrected chi connectivity index (χ2v) is 5.84. The molecule has 20 heavy (non-hydrogen) atoms. The van der Waals surface area contributed by atoms with Crippen LogP contribution in [-0.4, -0.2) is 30.5 Å². The van der Waals surface area contributed by atoms with E-state index in [9.17, 15) is 4.79 Å². The van der Waals surface area contributed by atoms with Gasteiger partial charge < -0.3 is 15.4 Å². The van der Waals surface area contributed by atoms with Gasteiger partial charge >= 0.3 is 0 Å². The van der Waals surface area contributed by atoms with Crippen molar-refractivity contribution in [1.29, 1.82) is 0 Å². The van der Waals surface area contributed by atoms with Crippen molar-refractivity contribution in [2.75, 3.05) is 25.4 Å². The SMILES string of the molecule is CCOc1ccc(C(=O)N2CC(C)CC(C)C2)cc1N. The van der Waals surface area contributed by atoms with Gasteiger partial charge in [0.1, 0.15) is 5.75 Å². The molecule has 1 amide bonds. The van der Waals surface area contributed by atoms with Gasteiger partial charge in [-0.05, 0) is 43.4 Å². The summed E-state index contributed by atoms with van der Waals surface area (Å²) < 4.78 is 5.40. The second-order valence-electron chi connectivity index (χ2n) is 5.84. The Bertz CT molecular complexity index is 477. The Kier molecular flexibility index (Phi) is 4.53. The lowest BCUT2D eigenvalue weighted by Gasteiger charge is -2.35. The van der Waals surface area contributed by atoms with E-state index >= 15 is 0 Å². The minimum atomic E-state index is 0.0677. The zero-order valence-electron chi connectivity index (χ0n) is 12.6. The van der Waals surface area contributed by atoms with Gasteiger partial charge in [0.25, 0.3) is 5.91 Å². The summed E-state index contributed by atoms with van der Waals surface area (Å²) in [6, 6.07) is 5.30. The second kappa shape index (κ2) is 6.16. The quantitative estimate of drug-likeness (QED) is 0.864. The van der Waals surface area contributed by atoms with Gasteiger partial charge in [-0.25, -0.2) is 0 Å². The molecule has 1 aromatic rings. The van der Waals surface area contributed by atoms with Gasteiger partial charge in [-0.3, -0.25) is 4.79 Å². The lowest BCUT2D eigenvalue weighted by atomic mass is 9.91. The molecule has 4 heteroatoms. The fraction of sp³-hybridized carbons (Fsp3) is 0.562. The summed E-state index contributed by atoms with van der Waals surface area (Å²) in [5, 5.41) is 0. The molecule has 2 N–H and O–H groups in total. The molecule has 1 aromatic carbocycles. The predicted molar refractivity (Wildman–Crippen MR) is 80.9 cm³/mol. The Labute approximate surface area is 120 Å². The van der Waals surface area contributed by atoms with Crippen LogP contribution >= 0.6 is 0 Å². The highest BCUT2D eigenvalue weighted by Gasteiger charge is 2.26. The van der Waals surface area contributed by atoms with Crippen LogP contribution in [0, 0.1) is 11.8 Å². The number of piperidine rings is 1. The molecule has 4 nitrogen and oxygen atoms in total. The first-order chi connectivity index (χ1) is 9.51. The summed E-state index contributed by atoms with van der Waals surface area (Å²) in [5.41, 5.74) is 7.10. The maximum atomic E-state index is 12.5. The normalized spacial score (nSPS) is 22.6. The summed E-state index contributed by atoms with van der Waals surface area (Å²) in [6.45, 7) is 8.53. The van der Waals surface area contributed by atoms with Gasteiger partial charge in [0.15, 0.2) is 0 Å². The summed E-state index contributed by atoms with van der Waals surface area (Å²) in [7, 11) is 0. The van der Waals surface area contributed by atoms with Gasteiger partial charge in [0, 0.05) is 18.7 Å². The zero-order valence-corrected chi connectivity index (χ0v) is 12.6. The summed E-state index contributed by atoms with van der Waals surface area (Å²) in [6.07, 6.45) is 1.19. The fourth-order valence-corrected chi connectivity index (χ4v) is 2.98. The van der Waals surface area contributed by atoms with E-state index in [0.29, 0.717) is 35.4 Å².